The van der Waals surface area contributed by atoms with E-state index < -0.39 is 33.8 Å². The molecule has 0 aliphatic carbocycles. The zero-order valence-corrected chi connectivity index (χ0v) is 13.2. The number of sulfone groups is 1. The SMILES string of the molecule is O=C(NCC(O)COc1cccc(F)c1)NC1CCS(=O)(=O)C1. The van der Waals surface area contributed by atoms with Crippen molar-refractivity contribution in [3.8, 4) is 5.75 Å². The largest absolute Gasteiger partial charge is 0.491 e. The van der Waals surface area contributed by atoms with Crippen LogP contribution in [0.4, 0.5) is 9.18 Å². The van der Waals surface area contributed by atoms with E-state index in [-0.39, 0.29) is 30.4 Å². The predicted octanol–water partition coefficient (Wildman–Crippen LogP) is 0.0517. The lowest BCUT2D eigenvalue weighted by molar-refractivity contribution is 0.107. The molecule has 0 spiro atoms. The van der Waals surface area contributed by atoms with E-state index in [0.717, 1.165) is 0 Å². The van der Waals surface area contributed by atoms with Crippen LogP contribution in [0.2, 0.25) is 0 Å². The van der Waals surface area contributed by atoms with Gasteiger partial charge in [-0.25, -0.2) is 17.6 Å². The third-order valence-electron chi connectivity index (χ3n) is 3.30. The van der Waals surface area contributed by atoms with E-state index in [0.29, 0.717) is 6.42 Å². The summed E-state index contributed by atoms with van der Waals surface area (Å²) in [5.74, 6) is -0.154. The molecular formula is C14H19FN2O5S. The highest BCUT2D eigenvalue weighted by atomic mass is 32.2. The standard InChI is InChI=1S/C14H19FN2O5S/c15-10-2-1-3-13(6-10)22-8-12(18)7-16-14(19)17-11-4-5-23(20,21)9-11/h1-3,6,11-12,18H,4-5,7-9H2,(H2,16,17,19). The van der Waals surface area contributed by atoms with E-state index in [1.807, 2.05) is 0 Å². The Balaban J connectivity index is 1.66. The van der Waals surface area contributed by atoms with Gasteiger partial charge < -0.3 is 20.5 Å². The van der Waals surface area contributed by atoms with Gasteiger partial charge in [0.1, 0.15) is 24.3 Å². The molecule has 1 aliphatic rings. The topological polar surface area (TPSA) is 105 Å². The molecule has 128 valence electrons. The van der Waals surface area contributed by atoms with Crippen LogP contribution in [0.1, 0.15) is 6.42 Å². The van der Waals surface area contributed by atoms with E-state index in [4.69, 9.17) is 4.74 Å². The Kier molecular flexibility index (Phi) is 5.78. The van der Waals surface area contributed by atoms with Gasteiger partial charge in [0.25, 0.3) is 0 Å². The van der Waals surface area contributed by atoms with Crippen LogP contribution < -0.4 is 15.4 Å². The summed E-state index contributed by atoms with van der Waals surface area (Å²) in [4.78, 5) is 11.6. The first kappa shape index (κ1) is 17.5. The van der Waals surface area contributed by atoms with Crippen molar-refractivity contribution in [1.82, 2.24) is 10.6 Å². The number of amides is 2. The number of ether oxygens (including phenoxy) is 1. The van der Waals surface area contributed by atoms with Crippen molar-refractivity contribution in [2.75, 3.05) is 24.7 Å². The molecule has 2 amide bonds. The number of halogens is 1. The molecule has 1 aromatic rings. The Hall–Kier alpha value is -1.87. The second-order valence-electron chi connectivity index (χ2n) is 5.38. The Labute approximate surface area is 133 Å². The molecule has 2 unspecified atom stereocenters. The van der Waals surface area contributed by atoms with Gasteiger partial charge in [-0.15, -0.1) is 0 Å². The fourth-order valence-electron chi connectivity index (χ4n) is 2.16. The number of aliphatic hydroxyl groups is 1. The number of nitrogens with one attached hydrogen (secondary N) is 2. The van der Waals surface area contributed by atoms with Crippen molar-refractivity contribution in [3.05, 3.63) is 30.1 Å². The maximum absolute atomic E-state index is 12.9. The van der Waals surface area contributed by atoms with E-state index in [1.165, 1.54) is 18.2 Å². The van der Waals surface area contributed by atoms with Gasteiger partial charge >= 0.3 is 6.03 Å². The number of urea groups is 1. The lowest BCUT2D eigenvalue weighted by atomic mass is 10.3. The number of hydrogen-bond acceptors (Lipinski definition) is 5. The summed E-state index contributed by atoms with van der Waals surface area (Å²) < 4.78 is 40.7. The quantitative estimate of drug-likeness (QED) is 0.675. The second-order valence-corrected chi connectivity index (χ2v) is 7.61. The fourth-order valence-corrected chi connectivity index (χ4v) is 3.84. The molecule has 1 heterocycles. The molecule has 0 radical (unpaired) electrons. The van der Waals surface area contributed by atoms with Crippen LogP contribution in [-0.4, -0.2) is 56.4 Å². The van der Waals surface area contributed by atoms with Gasteiger partial charge in [-0.3, -0.25) is 0 Å². The predicted molar refractivity (Wildman–Crippen MR) is 81.5 cm³/mol. The minimum Gasteiger partial charge on any atom is -0.491 e. The first-order valence-corrected chi connectivity index (χ1v) is 8.97. The average Bonchev–Trinajstić information content (AvgIpc) is 2.82. The van der Waals surface area contributed by atoms with Gasteiger partial charge in [-0.05, 0) is 18.6 Å². The normalized spacial score (nSPS) is 20.7. The molecule has 0 bridgehead atoms. The molecule has 0 aromatic heterocycles. The van der Waals surface area contributed by atoms with E-state index in [1.54, 1.807) is 6.07 Å². The number of benzene rings is 1. The Bertz CT molecular complexity index is 652. The highest BCUT2D eigenvalue weighted by Gasteiger charge is 2.28. The van der Waals surface area contributed by atoms with Crippen LogP contribution >= 0.6 is 0 Å². The molecule has 2 atom stereocenters. The summed E-state index contributed by atoms with van der Waals surface area (Å²) in [6.07, 6.45) is -0.586. The first-order valence-electron chi connectivity index (χ1n) is 7.15. The summed E-state index contributed by atoms with van der Waals surface area (Å²) >= 11 is 0. The van der Waals surface area contributed by atoms with Gasteiger partial charge in [0.15, 0.2) is 9.84 Å². The maximum Gasteiger partial charge on any atom is 0.315 e. The number of rotatable bonds is 6. The minimum absolute atomic E-state index is 0.0638. The molecule has 7 nitrogen and oxygen atoms in total. The van der Waals surface area contributed by atoms with Gasteiger partial charge in [0.2, 0.25) is 0 Å². The zero-order chi connectivity index (χ0) is 16.9. The molecule has 1 fully saturated rings. The molecule has 1 saturated heterocycles. The molecule has 1 aliphatic heterocycles. The molecule has 3 N–H and O–H groups in total. The Morgan fingerprint density at radius 1 is 1.48 bits per heavy atom. The highest BCUT2D eigenvalue weighted by molar-refractivity contribution is 7.91. The van der Waals surface area contributed by atoms with Crippen molar-refractivity contribution < 1.29 is 27.4 Å². The Morgan fingerprint density at radius 2 is 2.26 bits per heavy atom. The molecule has 2 rings (SSSR count). The Morgan fingerprint density at radius 3 is 2.91 bits per heavy atom. The van der Waals surface area contributed by atoms with Crippen LogP contribution in [0, 0.1) is 5.82 Å². The second kappa shape index (κ2) is 7.60. The van der Waals surface area contributed by atoms with Crippen LogP contribution in [0.25, 0.3) is 0 Å². The lowest BCUT2D eigenvalue weighted by Crippen LogP contribution is -2.45. The third-order valence-corrected chi connectivity index (χ3v) is 5.07. The molecular weight excluding hydrogens is 327 g/mol. The lowest BCUT2D eigenvalue weighted by Gasteiger charge is -2.15. The van der Waals surface area contributed by atoms with Crippen molar-refractivity contribution in [2.24, 2.45) is 0 Å². The third kappa shape index (κ3) is 6.03. The summed E-state index contributed by atoms with van der Waals surface area (Å²) in [7, 11) is -3.06. The van der Waals surface area contributed by atoms with Crippen LogP contribution in [0.3, 0.4) is 0 Å². The smallest absolute Gasteiger partial charge is 0.315 e. The molecule has 23 heavy (non-hydrogen) atoms. The summed E-state index contributed by atoms with van der Waals surface area (Å²) in [6, 6.07) is 4.55. The van der Waals surface area contributed by atoms with Gasteiger partial charge in [-0.1, -0.05) is 6.07 Å². The van der Waals surface area contributed by atoms with Crippen LogP contribution in [0.15, 0.2) is 24.3 Å². The summed E-state index contributed by atoms with van der Waals surface area (Å²) in [6.45, 7) is -0.178. The molecule has 9 heteroatoms. The van der Waals surface area contributed by atoms with Crippen LogP contribution in [-0.2, 0) is 9.84 Å². The highest BCUT2D eigenvalue weighted by Crippen LogP contribution is 2.12. The van der Waals surface area contributed by atoms with E-state index >= 15 is 0 Å². The fraction of sp³-hybridized carbons (Fsp3) is 0.500. The van der Waals surface area contributed by atoms with Gasteiger partial charge in [0, 0.05) is 18.7 Å². The van der Waals surface area contributed by atoms with E-state index in [9.17, 15) is 22.7 Å². The first-order chi connectivity index (χ1) is 10.8. The maximum atomic E-state index is 12.9. The molecule has 0 saturated carbocycles. The zero-order valence-electron chi connectivity index (χ0n) is 12.4. The van der Waals surface area contributed by atoms with Crippen molar-refractivity contribution in [3.63, 3.8) is 0 Å². The number of carbonyl (C=O) groups excluding carboxylic acids is 1. The van der Waals surface area contributed by atoms with Crippen LogP contribution in [0.5, 0.6) is 5.75 Å². The average molecular weight is 346 g/mol. The summed E-state index contributed by atoms with van der Waals surface area (Å²) in [5, 5.41) is 14.7. The number of carbonyl (C=O) groups is 1. The molecule has 1 aromatic carbocycles. The van der Waals surface area contributed by atoms with Gasteiger partial charge in [-0.2, -0.15) is 0 Å². The van der Waals surface area contributed by atoms with Crippen molar-refractivity contribution >= 4 is 15.9 Å². The van der Waals surface area contributed by atoms with Crippen molar-refractivity contribution in [2.45, 2.75) is 18.6 Å². The number of hydrogen-bond donors (Lipinski definition) is 3. The number of aliphatic hydroxyl groups excluding tert-OH is 1. The van der Waals surface area contributed by atoms with E-state index in [2.05, 4.69) is 10.6 Å². The minimum atomic E-state index is -3.06. The summed E-state index contributed by atoms with van der Waals surface area (Å²) in [5.41, 5.74) is 0. The monoisotopic (exact) mass is 346 g/mol. The van der Waals surface area contributed by atoms with Crippen molar-refractivity contribution in [1.29, 1.82) is 0 Å². The van der Waals surface area contributed by atoms with Gasteiger partial charge in [0.05, 0.1) is 11.5 Å².